The van der Waals surface area contributed by atoms with Gasteiger partial charge in [-0.15, -0.1) is 11.3 Å². The number of ether oxygens (including phenoxy) is 1. The highest BCUT2D eigenvalue weighted by Gasteiger charge is 2.20. The van der Waals surface area contributed by atoms with Crippen molar-refractivity contribution >= 4 is 40.4 Å². The van der Waals surface area contributed by atoms with Crippen LogP contribution in [0.2, 0.25) is 5.02 Å². The van der Waals surface area contributed by atoms with Crippen molar-refractivity contribution in [2.24, 2.45) is 0 Å². The maximum atomic E-state index is 12.1. The molecule has 2 heterocycles. The van der Waals surface area contributed by atoms with Crippen LogP contribution in [0, 0.1) is 13.8 Å². The molecule has 0 aromatic carbocycles. The third-order valence-electron chi connectivity index (χ3n) is 3.02. The van der Waals surface area contributed by atoms with Crippen LogP contribution in [0.15, 0.2) is 12.7 Å². The Morgan fingerprint density at radius 2 is 2.09 bits per heavy atom. The molecule has 0 saturated heterocycles. The lowest BCUT2D eigenvalue weighted by atomic mass is 10.3. The first-order valence-corrected chi connectivity index (χ1v) is 8.45. The molecule has 118 valence electrons. The van der Waals surface area contributed by atoms with Crippen molar-refractivity contribution in [3.05, 3.63) is 38.1 Å². The number of amides is 1. The summed E-state index contributed by atoms with van der Waals surface area (Å²) in [6.45, 7) is 8.29. The fraction of sp³-hybridized carbons (Fsp3) is 0.357. The van der Waals surface area contributed by atoms with Crippen molar-refractivity contribution in [2.45, 2.75) is 26.9 Å². The van der Waals surface area contributed by atoms with Gasteiger partial charge in [0.15, 0.2) is 0 Å². The topological polar surface area (TPSA) is 55.3 Å². The second kappa shape index (κ2) is 7.21. The standard InChI is InChI=1S/C14H16ClN3O2S2/c1-5-12(19)18(6-10-8(2)16-9(3)21-10)7-11-13(15)14(20-4)17-22-11/h5H,1,6-7H2,2-4H3. The van der Waals surface area contributed by atoms with E-state index < -0.39 is 0 Å². The quantitative estimate of drug-likeness (QED) is 0.741. The van der Waals surface area contributed by atoms with Crippen LogP contribution in [0.5, 0.6) is 5.88 Å². The van der Waals surface area contributed by atoms with Crippen LogP contribution >= 0.6 is 34.5 Å². The summed E-state index contributed by atoms with van der Waals surface area (Å²) < 4.78 is 9.19. The van der Waals surface area contributed by atoms with Crippen LogP contribution in [0.3, 0.4) is 0 Å². The van der Waals surface area contributed by atoms with Crippen molar-refractivity contribution in [1.82, 2.24) is 14.3 Å². The summed E-state index contributed by atoms with van der Waals surface area (Å²) in [5, 5.41) is 1.43. The minimum Gasteiger partial charge on any atom is -0.479 e. The number of halogens is 1. The zero-order valence-corrected chi connectivity index (χ0v) is 14.9. The third-order valence-corrected chi connectivity index (χ3v) is 5.39. The number of aromatic nitrogens is 2. The Morgan fingerprint density at radius 1 is 1.41 bits per heavy atom. The van der Waals surface area contributed by atoms with E-state index in [4.69, 9.17) is 16.3 Å². The fourth-order valence-corrected chi connectivity index (χ4v) is 3.95. The van der Waals surface area contributed by atoms with Crippen molar-refractivity contribution < 1.29 is 9.53 Å². The molecule has 0 aliphatic heterocycles. The monoisotopic (exact) mass is 357 g/mol. The van der Waals surface area contributed by atoms with E-state index in [9.17, 15) is 4.79 Å². The number of thiazole rings is 1. The summed E-state index contributed by atoms with van der Waals surface area (Å²) in [5.41, 5.74) is 0.942. The number of aryl methyl sites for hydroxylation is 2. The van der Waals surface area contributed by atoms with Gasteiger partial charge in [0, 0.05) is 4.88 Å². The minimum atomic E-state index is -0.158. The average Bonchev–Trinajstić information content (AvgIpc) is 3.00. The largest absolute Gasteiger partial charge is 0.479 e. The predicted molar refractivity (Wildman–Crippen MR) is 89.7 cm³/mol. The number of hydrogen-bond donors (Lipinski definition) is 0. The molecule has 0 atom stereocenters. The molecule has 22 heavy (non-hydrogen) atoms. The van der Waals surface area contributed by atoms with Crippen LogP contribution in [0.1, 0.15) is 20.5 Å². The van der Waals surface area contributed by atoms with Crippen molar-refractivity contribution in [3.8, 4) is 5.88 Å². The van der Waals surface area contributed by atoms with E-state index in [0.29, 0.717) is 24.0 Å². The second-order valence-electron chi connectivity index (χ2n) is 4.57. The summed E-state index contributed by atoms with van der Waals surface area (Å²) in [5.74, 6) is 0.228. The van der Waals surface area contributed by atoms with Crippen LogP contribution in [-0.4, -0.2) is 27.3 Å². The molecule has 0 saturated carbocycles. The number of hydrogen-bond acceptors (Lipinski definition) is 6. The van der Waals surface area contributed by atoms with Crippen molar-refractivity contribution in [3.63, 3.8) is 0 Å². The lowest BCUT2D eigenvalue weighted by Crippen LogP contribution is -2.28. The van der Waals surface area contributed by atoms with E-state index in [2.05, 4.69) is 15.9 Å². The molecule has 0 aliphatic rings. The molecule has 0 N–H and O–H groups in total. The van der Waals surface area contributed by atoms with Gasteiger partial charge in [0.2, 0.25) is 11.8 Å². The average molecular weight is 358 g/mol. The molecule has 0 spiro atoms. The molecule has 0 aliphatic carbocycles. The zero-order valence-electron chi connectivity index (χ0n) is 12.6. The predicted octanol–water partition coefficient (Wildman–Crippen LogP) is 3.59. The molecule has 2 aromatic rings. The Balaban J connectivity index is 2.23. The second-order valence-corrected chi connectivity index (χ2v) is 7.09. The SMILES string of the molecule is C=CC(=O)N(Cc1sc(C)nc1C)Cc1snc(OC)c1Cl. The third kappa shape index (κ3) is 3.66. The Labute approximate surface area is 142 Å². The highest BCUT2D eigenvalue weighted by molar-refractivity contribution is 7.11. The fourth-order valence-electron chi connectivity index (χ4n) is 1.93. The number of carbonyl (C=O) groups is 1. The van der Waals surface area contributed by atoms with E-state index in [1.807, 2.05) is 13.8 Å². The Bertz CT molecular complexity index is 696. The molecule has 0 unspecified atom stereocenters. The molecule has 8 heteroatoms. The van der Waals surface area contributed by atoms with Gasteiger partial charge in [-0.25, -0.2) is 4.98 Å². The molecule has 0 fully saturated rings. The van der Waals surface area contributed by atoms with Crippen LogP contribution < -0.4 is 4.74 Å². The van der Waals surface area contributed by atoms with Crippen LogP contribution in [-0.2, 0) is 17.9 Å². The first-order valence-electron chi connectivity index (χ1n) is 6.48. The summed E-state index contributed by atoms with van der Waals surface area (Å²) in [6, 6.07) is 0. The number of carbonyl (C=O) groups excluding carboxylic acids is 1. The molecule has 0 radical (unpaired) electrons. The Kier molecular flexibility index (Phi) is 5.55. The summed E-state index contributed by atoms with van der Waals surface area (Å²) in [6.07, 6.45) is 1.30. The van der Waals surface area contributed by atoms with Gasteiger partial charge in [0.05, 0.1) is 35.8 Å². The smallest absolute Gasteiger partial charge is 0.246 e. The van der Waals surface area contributed by atoms with Gasteiger partial charge < -0.3 is 9.64 Å². The van der Waals surface area contributed by atoms with Crippen molar-refractivity contribution in [1.29, 1.82) is 0 Å². The summed E-state index contributed by atoms with van der Waals surface area (Å²) in [4.78, 5) is 20.0. The minimum absolute atomic E-state index is 0.158. The van der Waals surface area contributed by atoms with E-state index in [1.54, 1.807) is 16.2 Å². The molecule has 5 nitrogen and oxygen atoms in total. The molecule has 2 rings (SSSR count). The van der Waals surface area contributed by atoms with E-state index in [1.165, 1.54) is 24.7 Å². The summed E-state index contributed by atoms with van der Waals surface area (Å²) >= 11 is 9.02. The van der Waals surface area contributed by atoms with Gasteiger partial charge in [-0.1, -0.05) is 18.2 Å². The van der Waals surface area contributed by atoms with Gasteiger partial charge in [-0.3, -0.25) is 4.79 Å². The van der Waals surface area contributed by atoms with Gasteiger partial charge >= 0.3 is 0 Å². The molecular weight excluding hydrogens is 342 g/mol. The number of methoxy groups -OCH3 is 1. The molecule has 0 bridgehead atoms. The highest BCUT2D eigenvalue weighted by Crippen LogP contribution is 2.32. The Hall–Kier alpha value is -1.44. The first kappa shape index (κ1) is 16.9. The van der Waals surface area contributed by atoms with E-state index >= 15 is 0 Å². The molecular formula is C14H16ClN3O2S2. The Morgan fingerprint density at radius 3 is 2.59 bits per heavy atom. The lowest BCUT2D eigenvalue weighted by molar-refractivity contribution is -0.127. The molecule has 1 amide bonds. The molecule has 2 aromatic heterocycles. The highest BCUT2D eigenvalue weighted by atomic mass is 35.5. The van der Waals surface area contributed by atoms with Gasteiger partial charge in [-0.05, 0) is 31.5 Å². The van der Waals surface area contributed by atoms with Crippen LogP contribution in [0.4, 0.5) is 0 Å². The van der Waals surface area contributed by atoms with Crippen LogP contribution in [0.25, 0.3) is 0 Å². The first-order chi connectivity index (χ1) is 10.5. The summed E-state index contributed by atoms with van der Waals surface area (Å²) in [7, 11) is 1.51. The van der Waals surface area contributed by atoms with Gasteiger partial charge in [0.1, 0.15) is 5.02 Å². The van der Waals surface area contributed by atoms with E-state index in [0.717, 1.165) is 20.5 Å². The zero-order chi connectivity index (χ0) is 16.3. The van der Waals surface area contributed by atoms with E-state index in [-0.39, 0.29) is 5.91 Å². The van der Waals surface area contributed by atoms with Gasteiger partial charge in [-0.2, -0.15) is 4.37 Å². The lowest BCUT2D eigenvalue weighted by Gasteiger charge is -2.20. The maximum Gasteiger partial charge on any atom is 0.246 e. The normalized spacial score (nSPS) is 10.5. The van der Waals surface area contributed by atoms with Gasteiger partial charge in [0.25, 0.3) is 0 Å². The maximum absolute atomic E-state index is 12.1. The number of nitrogens with zero attached hydrogens (tertiary/aromatic N) is 3. The number of rotatable bonds is 6. The van der Waals surface area contributed by atoms with Crippen molar-refractivity contribution in [2.75, 3.05) is 7.11 Å².